The van der Waals surface area contributed by atoms with Crippen LogP contribution in [0.5, 0.6) is 0 Å². The van der Waals surface area contributed by atoms with Crippen molar-refractivity contribution in [1.29, 1.82) is 0 Å². The van der Waals surface area contributed by atoms with Gasteiger partial charge in [0.25, 0.3) is 0 Å². The largest absolute Gasteiger partial charge is 0.389 e. The van der Waals surface area contributed by atoms with E-state index in [1.54, 1.807) is 0 Å². The Hall–Kier alpha value is 0.230. The van der Waals surface area contributed by atoms with Crippen LogP contribution < -0.4 is 5.32 Å². The molecule has 3 aliphatic rings. The highest BCUT2D eigenvalue weighted by molar-refractivity contribution is 7.99. The van der Waals surface area contributed by atoms with Crippen molar-refractivity contribution in [2.45, 2.75) is 49.7 Å². The summed E-state index contributed by atoms with van der Waals surface area (Å²) in [6, 6.07) is 0. The SMILES string of the molecule is OC1(C2CCOC3(CCSCC3)C2)CCNCC1. The first-order valence-corrected chi connectivity index (χ1v) is 8.53. The van der Waals surface area contributed by atoms with Crippen LogP contribution >= 0.6 is 11.8 Å². The summed E-state index contributed by atoms with van der Waals surface area (Å²) in [5.74, 6) is 2.91. The number of piperidine rings is 1. The fraction of sp³-hybridized carbons (Fsp3) is 1.00. The van der Waals surface area contributed by atoms with Crippen LogP contribution in [0.15, 0.2) is 0 Å². The van der Waals surface area contributed by atoms with Crippen LogP contribution in [0.1, 0.15) is 38.5 Å². The summed E-state index contributed by atoms with van der Waals surface area (Å²) in [6.07, 6.45) is 6.34. The molecule has 18 heavy (non-hydrogen) atoms. The van der Waals surface area contributed by atoms with Crippen molar-refractivity contribution in [3.63, 3.8) is 0 Å². The van der Waals surface area contributed by atoms with Gasteiger partial charge < -0.3 is 15.2 Å². The Morgan fingerprint density at radius 3 is 2.56 bits per heavy atom. The molecular formula is C14H25NO2S. The first-order chi connectivity index (χ1) is 8.73. The fourth-order valence-corrected chi connectivity index (χ4v) is 5.08. The monoisotopic (exact) mass is 271 g/mol. The first-order valence-electron chi connectivity index (χ1n) is 7.37. The molecule has 0 aromatic rings. The summed E-state index contributed by atoms with van der Waals surface area (Å²) in [5.41, 5.74) is -0.318. The fourth-order valence-electron chi connectivity index (χ4n) is 3.85. The smallest absolute Gasteiger partial charge is 0.0702 e. The molecule has 2 N–H and O–H groups in total. The minimum absolute atomic E-state index is 0.106. The molecule has 104 valence electrons. The lowest BCUT2D eigenvalue weighted by atomic mass is 9.70. The Bertz CT molecular complexity index is 267. The van der Waals surface area contributed by atoms with E-state index in [0.29, 0.717) is 5.92 Å². The normalized spacial score (nSPS) is 35.5. The van der Waals surface area contributed by atoms with Gasteiger partial charge in [-0.1, -0.05) is 0 Å². The first kappa shape index (κ1) is 13.2. The molecular weight excluding hydrogens is 246 g/mol. The van der Waals surface area contributed by atoms with Crippen molar-refractivity contribution in [2.24, 2.45) is 5.92 Å². The molecule has 0 amide bonds. The van der Waals surface area contributed by atoms with Gasteiger partial charge in [0, 0.05) is 6.61 Å². The van der Waals surface area contributed by atoms with E-state index >= 15 is 0 Å². The van der Waals surface area contributed by atoms with Crippen LogP contribution in [0, 0.1) is 5.92 Å². The van der Waals surface area contributed by atoms with Gasteiger partial charge in [-0.15, -0.1) is 0 Å². The Morgan fingerprint density at radius 2 is 1.83 bits per heavy atom. The van der Waals surface area contributed by atoms with Gasteiger partial charge in [-0.25, -0.2) is 0 Å². The lowest BCUT2D eigenvalue weighted by molar-refractivity contribution is -0.152. The second-order valence-electron chi connectivity index (χ2n) is 6.19. The second-order valence-corrected chi connectivity index (χ2v) is 7.41. The molecule has 3 rings (SSSR count). The average molecular weight is 271 g/mol. The molecule has 4 heteroatoms. The number of nitrogens with one attached hydrogen (secondary N) is 1. The van der Waals surface area contributed by atoms with E-state index in [4.69, 9.17) is 4.74 Å². The second kappa shape index (κ2) is 5.31. The maximum Gasteiger partial charge on any atom is 0.0702 e. The highest BCUT2D eigenvalue weighted by atomic mass is 32.2. The summed E-state index contributed by atoms with van der Waals surface area (Å²) in [4.78, 5) is 0. The van der Waals surface area contributed by atoms with Gasteiger partial charge in [-0.05, 0) is 69.0 Å². The number of hydrogen-bond donors (Lipinski definition) is 2. The maximum absolute atomic E-state index is 10.9. The van der Waals surface area contributed by atoms with Crippen molar-refractivity contribution in [1.82, 2.24) is 5.32 Å². The number of ether oxygens (including phenoxy) is 1. The zero-order valence-electron chi connectivity index (χ0n) is 11.1. The van der Waals surface area contributed by atoms with E-state index in [2.05, 4.69) is 5.32 Å². The molecule has 1 spiro atoms. The number of rotatable bonds is 1. The minimum Gasteiger partial charge on any atom is -0.389 e. The Kier molecular flexibility index (Phi) is 3.90. The van der Waals surface area contributed by atoms with Crippen molar-refractivity contribution in [2.75, 3.05) is 31.2 Å². The van der Waals surface area contributed by atoms with E-state index in [9.17, 15) is 5.11 Å². The predicted molar refractivity (Wildman–Crippen MR) is 75.0 cm³/mol. The van der Waals surface area contributed by atoms with Crippen LogP contribution in [0.2, 0.25) is 0 Å². The Balaban J connectivity index is 1.69. The molecule has 1 unspecified atom stereocenters. The van der Waals surface area contributed by atoms with Crippen molar-refractivity contribution >= 4 is 11.8 Å². The number of thioether (sulfide) groups is 1. The lowest BCUT2D eigenvalue weighted by Gasteiger charge is -2.49. The predicted octanol–water partition coefficient (Wildman–Crippen LogP) is 1.79. The number of aliphatic hydroxyl groups is 1. The molecule has 3 nitrogen and oxygen atoms in total. The summed E-state index contributed by atoms with van der Waals surface area (Å²) in [7, 11) is 0. The van der Waals surface area contributed by atoms with Crippen LogP contribution in [0.3, 0.4) is 0 Å². The molecule has 3 fully saturated rings. The molecule has 0 aromatic heterocycles. The van der Waals surface area contributed by atoms with Gasteiger partial charge in [0.2, 0.25) is 0 Å². The Morgan fingerprint density at radius 1 is 1.11 bits per heavy atom. The van der Waals surface area contributed by atoms with Gasteiger partial charge in [-0.3, -0.25) is 0 Å². The molecule has 3 aliphatic heterocycles. The quantitative estimate of drug-likeness (QED) is 0.763. The molecule has 0 radical (unpaired) electrons. The van der Waals surface area contributed by atoms with Crippen molar-refractivity contribution in [3.05, 3.63) is 0 Å². The van der Waals surface area contributed by atoms with Gasteiger partial charge in [0.05, 0.1) is 11.2 Å². The lowest BCUT2D eigenvalue weighted by Crippen LogP contribution is -2.53. The third-order valence-electron chi connectivity index (χ3n) is 5.13. The molecule has 0 saturated carbocycles. The molecule has 0 bridgehead atoms. The van der Waals surface area contributed by atoms with E-state index in [1.165, 1.54) is 24.3 Å². The van der Waals surface area contributed by atoms with Crippen LogP contribution in [-0.4, -0.2) is 47.5 Å². The topological polar surface area (TPSA) is 41.5 Å². The highest BCUT2D eigenvalue weighted by Crippen LogP contribution is 2.44. The molecule has 0 aromatic carbocycles. The van der Waals surface area contributed by atoms with Crippen molar-refractivity contribution in [3.8, 4) is 0 Å². The summed E-state index contributed by atoms with van der Waals surface area (Å²) in [5, 5.41) is 14.3. The summed E-state index contributed by atoms with van der Waals surface area (Å²) >= 11 is 2.05. The zero-order chi connectivity index (χ0) is 12.5. The van der Waals surface area contributed by atoms with E-state index in [-0.39, 0.29) is 5.60 Å². The van der Waals surface area contributed by atoms with Gasteiger partial charge >= 0.3 is 0 Å². The maximum atomic E-state index is 10.9. The third-order valence-corrected chi connectivity index (χ3v) is 6.11. The summed E-state index contributed by atoms with van der Waals surface area (Å²) < 4.78 is 6.13. The van der Waals surface area contributed by atoms with E-state index in [0.717, 1.165) is 45.4 Å². The third kappa shape index (κ3) is 2.58. The van der Waals surface area contributed by atoms with Crippen LogP contribution in [0.4, 0.5) is 0 Å². The molecule has 3 heterocycles. The highest BCUT2D eigenvalue weighted by Gasteiger charge is 2.46. The van der Waals surface area contributed by atoms with Crippen molar-refractivity contribution < 1.29 is 9.84 Å². The van der Waals surface area contributed by atoms with Gasteiger partial charge in [0.1, 0.15) is 0 Å². The van der Waals surface area contributed by atoms with Gasteiger partial charge in [0.15, 0.2) is 0 Å². The summed E-state index contributed by atoms with van der Waals surface area (Å²) in [6.45, 7) is 2.79. The average Bonchev–Trinajstić information content (AvgIpc) is 2.41. The zero-order valence-corrected chi connectivity index (χ0v) is 11.9. The van der Waals surface area contributed by atoms with Crippen LogP contribution in [0.25, 0.3) is 0 Å². The molecule has 0 aliphatic carbocycles. The number of hydrogen-bond acceptors (Lipinski definition) is 4. The van der Waals surface area contributed by atoms with Gasteiger partial charge in [-0.2, -0.15) is 11.8 Å². The van der Waals surface area contributed by atoms with E-state index in [1.807, 2.05) is 11.8 Å². The Labute approximate surface area is 114 Å². The van der Waals surface area contributed by atoms with E-state index < -0.39 is 5.60 Å². The standard InChI is InChI=1S/C14H25NO2S/c16-14(2-6-15-7-3-14)12-1-8-17-13(11-12)4-9-18-10-5-13/h12,15-16H,1-11H2. The van der Waals surface area contributed by atoms with Crippen LogP contribution in [-0.2, 0) is 4.74 Å². The molecule has 1 atom stereocenters. The minimum atomic E-state index is -0.424. The molecule has 3 saturated heterocycles.